The van der Waals surface area contributed by atoms with Gasteiger partial charge in [-0.05, 0) is 24.3 Å². The van der Waals surface area contributed by atoms with Crippen molar-refractivity contribution in [2.45, 2.75) is 6.42 Å². The second-order valence-corrected chi connectivity index (χ2v) is 3.91. The van der Waals surface area contributed by atoms with E-state index in [4.69, 9.17) is 27.9 Å². The van der Waals surface area contributed by atoms with Crippen molar-refractivity contribution in [3.63, 3.8) is 0 Å². The van der Waals surface area contributed by atoms with Gasteiger partial charge in [0.25, 0.3) is 0 Å². The molecular weight excluding hydrogens is 249 g/mol. The molecule has 0 aliphatic heterocycles. The molecule has 5 heteroatoms. The molecule has 1 rings (SSSR count). The van der Waals surface area contributed by atoms with Crippen LogP contribution in [0.2, 0.25) is 5.02 Å². The van der Waals surface area contributed by atoms with Gasteiger partial charge in [-0.15, -0.1) is 11.6 Å². The fourth-order valence-electron chi connectivity index (χ4n) is 1.06. The van der Waals surface area contributed by atoms with E-state index < -0.39 is 0 Å². The first kappa shape index (κ1) is 13.1. The summed E-state index contributed by atoms with van der Waals surface area (Å²) >= 11 is 11.1. The Labute approximate surface area is 105 Å². The van der Waals surface area contributed by atoms with Gasteiger partial charge in [0.05, 0.1) is 6.54 Å². The lowest BCUT2D eigenvalue weighted by Crippen LogP contribution is -2.28. The summed E-state index contributed by atoms with van der Waals surface area (Å²) in [6.45, 7) is 0.897. The molecule has 0 radical (unpaired) electrons. The zero-order chi connectivity index (χ0) is 11.8. The van der Waals surface area contributed by atoms with Crippen molar-refractivity contribution < 1.29 is 9.53 Å². The fourth-order valence-corrected chi connectivity index (χ4v) is 1.36. The van der Waals surface area contributed by atoms with Crippen LogP contribution in [0.25, 0.3) is 0 Å². The van der Waals surface area contributed by atoms with Gasteiger partial charge in [0, 0.05) is 17.3 Å². The van der Waals surface area contributed by atoms with E-state index in [1.807, 2.05) is 0 Å². The molecule has 0 aromatic heterocycles. The molecule has 1 aromatic carbocycles. The number of rotatable bonds is 6. The molecule has 1 amide bonds. The van der Waals surface area contributed by atoms with Crippen LogP contribution in [0.3, 0.4) is 0 Å². The average Bonchev–Trinajstić information content (AvgIpc) is 2.27. The Kier molecular flexibility index (Phi) is 6.04. The Morgan fingerprint density at radius 3 is 2.62 bits per heavy atom. The Hall–Kier alpha value is -0.930. The predicted octanol–water partition coefficient (Wildman–Crippen LogP) is 2.46. The zero-order valence-corrected chi connectivity index (χ0v) is 10.2. The quantitative estimate of drug-likeness (QED) is 0.631. The summed E-state index contributed by atoms with van der Waals surface area (Å²) in [6.07, 6.45) is 0.336. The molecule has 16 heavy (non-hydrogen) atoms. The normalized spacial score (nSPS) is 9.88. The summed E-state index contributed by atoms with van der Waals surface area (Å²) in [6, 6.07) is 7.07. The van der Waals surface area contributed by atoms with E-state index >= 15 is 0 Å². The van der Waals surface area contributed by atoms with Crippen molar-refractivity contribution in [2.75, 3.05) is 19.0 Å². The highest BCUT2D eigenvalue weighted by molar-refractivity contribution is 6.30. The van der Waals surface area contributed by atoms with E-state index in [-0.39, 0.29) is 5.91 Å². The number of amides is 1. The predicted molar refractivity (Wildman–Crippen MR) is 65.3 cm³/mol. The van der Waals surface area contributed by atoms with E-state index in [0.29, 0.717) is 30.5 Å². The van der Waals surface area contributed by atoms with Crippen molar-refractivity contribution in [3.05, 3.63) is 29.3 Å². The number of halogens is 2. The number of benzene rings is 1. The van der Waals surface area contributed by atoms with Crippen LogP contribution in [0, 0.1) is 0 Å². The molecule has 0 unspecified atom stereocenters. The summed E-state index contributed by atoms with van der Waals surface area (Å²) in [5, 5.41) is 3.36. The van der Waals surface area contributed by atoms with E-state index in [1.54, 1.807) is 24.3 Å². The fraction of sp³-hybridized carbons (Fsp3) is 0.364. The molecule has 0 saturated heterocycles. The molecule has 3 nitrogen and oxygen atoms in total. The Morgan fingerprint density at radius 1 is 1.31 bits per heavy atom. The number of alkyl halides is 1. The summed E-state index contributed by atoms with van der Waals surface area (Å²) in [7, 11) is 0. The monoisotopic (exact) mass is 261 g/mol. The molecule has 0 spiro atoms. The summed E-state index contributed by atoms with van der Waals surface area (Å²) in [5.74, 6) is 1.01. The Morgan fingerprint density at radius 2 is 2.00 bits per heavy atom. The maximum Gasteiger partial charge on any atom is 0.221 e. The summed E-state index contributed by atoms with van der Waals surface area (Å²) < 4.78 is 5.38. The number of carbonyl (C=O) groups excluding carboxylic acids is 1. The van der Waals surface area contributed by atoms with Crippen LogP contribution in [0.1, 0.15) is 6.42 Å². The van der Waals surface area contributed by atoms with Gasteiger partial charge in [0.1, 0.15) is 12.4 Å². The van der Waals surface area contributed by atoms with Gasteiger partial charge in [-0.25, -0.2) is 0 Å². The van der Waals surface area contributed by atoms with Crippen LogP contribution >= 0.6 is 23.2 Å². The molecule has 0 aliphatic rings. The van der Waals surface area contributed by atoms with Crippen molar-refractivity contribution in [1.29, 1.82) is 0 Å². The van der Waals surface area contributed by atoms with Crippen molar-refractivity contribution >= 4 is 29.1 Å². The minimum Gasteiger partial charge on any atom is -0.492 e. The maximum atomic E-state index is 11.0. The lowest BCUT2D eigenvalue weighted by atomic mass is 10.3. The first-order chi connectivity index (χ1) is 7.72. The smallest absolute Gasteiger partial charge is 0.221 e. The third-order valence-electron chi connectivity index (χ3n) is 1.83. The first-order valence-electron chi connectivity index (χ1n) is 4.93. The lowest BCUT2D eigenvalue weighted by molar-refractivity contribution is -0.120. The van der Waals surface area contributed by atoms with Gasteiger partial charge in [0.15, 0.2) is 0 Å². The minimum absolute atomic E-state index is 0.0605. The van der Waals surface area contributed by atoms with Gasteiger partial charge >= 0.3 is 0 Å². The lowest BCUT2D eigenvalue weighted by Gasteiger charge is -2.07. The average molecular weight is 262 g/mol. The maximum absolute atomic E-state index is 11.0. The van der Waals surface area contributed by atoms with Crippen LogP contribution < -0.4 is 10.1 Å². The summed E-state index contributed by atoms with van der Waals surface area (Å²) in [5.41, 5.74) is 0. The molecule has 0 bridgehead atoms. The molecule has 0 aliphatic carbocycles. The number of ether oxygens (including phenoxy) is 1. The van der Waals surface area contributed by atoms with Crippen molar-refractivity contribution in [3.8, 4) is 5.75 Å². The molecule has 0 fully saturated rings. The molecule has 1 N–H and O–H groups in total. The van der Waals surface area contributed by atoms with E-state index in [0.717, 1.165) is 5.75 Å². The zero-order valence-electron chi connectivity index (χ0n) is 8.71. The van der Waals surface area contributed by atoms with Gasteiger partial charge in [0.2, 0.25) is 5.91 Å². The first-order valence-corrected chi connectivity index (χ1v) is 5.84. The van der Waals surface area contributed by atoms with E-state index in [2.05, 4.69) is 5.32 Å². The second-order valence-electron chi connectivity index (χ2n) is 3.09. The van der Waals surface area contributed by atoms with Crippen LogP contribution in [0.5, 0.6) is 5.75 Å². The standard InChI is InChI=1S/C11H13Cl2NO2/c12-6-5-11(15)14-7-8-16-10-3-1-9(13)2-4-10/h1-4H,5-8H2,(H,14,15). The highest BCUT2D eigenvalue weighted by Gasteiger charge is 1.98. The van der Waals surface area contributed by atoms with Crippen LogP contribution in [0.4, 0.5) is 0 Å². The minimum atomic E-state index is -0.0605. The topological polar surface area (TPSA) is 38.3 Å². The van der Waals surface area contributed by atoms with Gasteiger partial charge < -0.3 is 10.1 Å². The molecule has 0 atom stereocenters. The number of carbonyl (C=O) groups is 1. The summed E-state index contributed by atoms with van der Waals surface area (Å²) in [4.78, 5) is 11.0. The van der Waals surface area contributed by atoms with Crippen LogP contribution in [0.15, 0.2) is 24.3 Å². The molecule has 88 valence electrons. The van der Waals surface area contributed by atoms with Crippen LogP contribution in [-0.4, -0.2) is 24.9 Å². The molecular formula is C11H13Cl2NO2. The number of hydrogen-bond acceptors (Lipinski definition) is 2. The molecule has 1 aromatic rings. The third kappa shape index (κ3) is 5.24. The largest absolute Gasteiger partial charge is 0.492 e. The van der Waals surface area contributed by atoms with Gasteiger partial charge in [-0.3, -0.25) is 4.79 Å². The molecule has 0 heterocycles. The number of hydrogen-bond donors (Lipinski definition) is 1. The second kappa shape index (κ2) is 7.36. The van der Waals surface area contributed by atoms with Crippen molar-refractivity contribution in [1.82, 2.24) is 5.32 Å². The Balaban J connectivity index is 2.16. The van der Waals surface area contributed by atoms with E-state index in [1.165, 1.54) is 0 Å². The highest BCUT2D eigenvalue weighted by Crippen LogP contribution is 2.14. The SMILES string of the molecule is O=C(CCCl)NCCOc1ccc(Cl)cc1. The molecule has 0 saturated carbocycles. The van der Waals surface area contributed by atoms with Crippen LogP contribution in [-0.2, 0) is 4.79 Å². The van der Waals surface area contributed by atoms with Gasteiger partial charge in [-0.2, -0.15) is 0 Å². The van der Waals surface area contributed by atoms with E-state index in [9.17, 15) is 4.79 Å². The highest BCUT2D eigenvalue weighted by atomic mass is 35.5. The number of nitrogens with one attached hydrogen (secondary N) is 1. The van der Waals surface area contributed by atoms with Gasteiger partial charge in [-0.1, -0.05) is 11.6 Å². The Bertz CT molecular complexity index is 327. The van der Waals surface area contributed by atoms with Crippen molar-refractivity contribution in [2.24, 2.45) is 0 Å². The third-order valence-corrected chi connectivity index (χ3v) is 2.27.